The molecule has 1 aromatic carbocycles. The molecule has 0 amide bonds. The summed E-state index contributed by atoms with van der Waals surface area (Å²) in [6, 6.07) is 6.35. The zero-order valence-corrected chi connectivity index (χ0v) is 11.4. The van der Waals surface area contributed by atoms with Crippen molar-refractivity contribution in [2.45, 2.75) is 25.3 Å². The Balaban J connectivity index is 1.67. The van der Waals surface area contributed by atoms with Gasteiger partial charge in [-0.3, -0.25) is 0 Å². The molecule has 0 bridgehead atoms. The van der Waals surface area contributed by atoms with E-state index in [4.69, 9.17) is 16.3 Å². The molecule has 0 aliphatic heterocycles. The van der Waals surface area contributed by atoms with Crippen LogP contribution in [0.25, 0.3) is 0 Å². The Bertz CT molecular complexity index is 355. The highest BCUT2D eigenvalue weighted by molar-refractivity contribution is 9.10. The first-order valence-electron chi connectivity index (χ1n) is 5.57. The normalized spacial score (nSPS) is 15.1. The number of rotatable bonds is 6. The zero-order valence-electron chi connectivity index (χ0n) is 9.01. The lowest BCUT2D eigenvalue weighted by Crippen LogP contribution is -2.19. The third-order valence-electron chi connectivity index (χ3n) is 2.48. The highest BCUT2D eigenvalue weighted by Crippen LogP contribution is 2.28. The Kier molecular flexibility index (Phi) is 4.50. The highest BCUT2D eigenvalue weighted by Gasteiger charge is 2.19. The standard InChI is InChI=1S/C12H15BrClNO/c13-11-8-9(14)2-5-12(11)16-7-1-6-15-10-3-4-10/h2,5,8,10,15H,1,3-4,6-7H2. The quantitative estimate of drug-likeness (QED) is 0.811. The van der Waals surface area contributed by atoms with Gasteiger partial charge in [-0.2, -0.15) is 0 Å². The molecule has 1 aliphatic rings. The minimum Gasteiger partial charge on any atom is -0.492 e. The fourth-order valence-electron chi connectivity index (χ4n) is 1.44. The predicted octanol–water partition coefficient (Wildman–Crippen LogP) is 3.62. The lowest BCUT2D eigenvalue weighted by molar-refractivity contribution is 0.306. The van der Waals surface area contributed by atoms with E-state index < -0.39 is 0 Å². The summed E-state index contributed by atoms with van der Waals surface area (Å²) in [6.07, 6.45) is 3.71. The van der Waals surface area contributed by atoms with E-state index in [1.807, 2.05) is 18.2 Å². The second kappa shape index (κ2) is 5.89. The van der Waals surface area contributed by atoms with Crippen molar-refractivity contribution < 1.29 is 4.74 Å². The molecule has 1 saturated carbocycles. The van der Waals surface area contributed by atoms with Crippen LogP contribution < -0.4 is 10.1 Å². The maximum atomic E-state index is 5.85. The smallest absolute Gasteiger partial charge is 0.133 e. The maximum absolute atomic E-state index is 5.85. The molecule has 0 spiro atoms. The van der Waals surface area contributed by atoms with Crippen LogP contribution in [0.1, 0.15) is 19.3 Å². The summed E-state index contributed by atoms with van der Waals surface area (Å²) in [6.45, 7) is 1.77. The lowest BCUT2D eigenvalue weighted by Gasteiger charge is -2.08. The minimum absolute atomic E-state index is 0.717. The number of benzene rings is 1. The fourth-order valence-corrected chi connectivity index (χ4v) is 2.24. The SMILES string of the molecule is Clc1ccc(OCCCNC2CC2)c(Br)c1. The Labute approximate surface area is 109 Å². The number of ether oxygens (including phenoxy) is 1. The molecule has 1 aromatic rings. The number of hydrogen-bond donors (Lipinski definition) is 1. The largest absolute Gasteiger partial charge is 0.492 e. The molecule has 0 atom stereocenters. The van der Waals surface area contributed by atoms with Gasteiger partial charge in [-0.25, -0.2) is 0 Å². The van der Waals surface area contributed by atoms with E-state index in [0.717, 1.165) is 40.9 Å². The molecular formula is C12H15BrClNO. The zero-order chi connectivity index (χ0) is 11.4. The summed E-state index contributed by atoms with van der Waals surface area (Å²) in [5, 5.41) is 4.17. The van der Waals surface area contributed by atoms with Gasteiger partial charge in [0, 0.05) is 11.1 Å². The lowest BCUT2D eigenvalue weighted by atomic mass is 10.3. The number of hydrogen-bond acceptors (Lipinski definition) is 2. The molecule has 0 heterocycles. The third kappa shape index (κ3) is 3.96. The van der Waals surface area contributed by atoms with Crippen molar-refractivity contribution in [3.05, 3.63) is 27.7 Å². The summed E-state index contributed by atoms with van der Waals surface area (Å²) < 4.78 is 6.56. The van der Waals surface area contributed by atoms with Crippen molar-refractivity contribution in [1.29, 1.82) is 0 Å². The molecule has 16 heavy (non-hydrogen) atoms. The molecule has 4 heteroatoms. The van der Waals surface area contributed by atoms with Crippen LogP contribution in [-0.2, 0) is 0 Å². The Morgan fingerprint density at radius 2 is 2.25 bits per heavy atom. The Morgan fingerprint density at radius 3 is 2.94 bits per heavy atom. The molecule has 0 radical (unpaired) electrons. The first kappa shape index (κ1) is 12.2. The Morgan fingerprint density at radius 1 is 1.44 bits per heavy atom. The van der Waals surface area contributed by atoms with Crippen LogP contribution in [0.15, 0.2) is 22.7 Å². The molecular weight excluding hydrogens is 289 g/mol. The summed E-state index contributed by atoms with van der Waals surface area (Å²) in [5.41, 5.74) is 0. The van der Waals surface area contributed by atoms with Gasteiger partial charge in [0.2, 0.25) is 0 Å². The van der Waals surface area contributed by atoms with Crippen molar-refractivity contribution in [3.8, 4) is 5.75 Å². The summed E-state index contributed by atoms with van der Waals surface area (Å²) >= 11 is 9.27. The summed E-state index contributed by atoms with van der Waals surface area (Å²) in [4.78, 5) is 0. The van der Waals surface area contributed by atoms with Gasteiger partial charge in [0.05, 0.1) is 11.1 Å². The van der Waals surface area contributed by atoms with E-state index in [2.05, 4.69) is 21.2 Å². The average Bonchev–Trinajstić information content (AvgIpc) is 3.04. The van der Waals surface area contributed by atoms with Gasteiger partial charge in [-0.05, 0) is 59.9 Å². The van der Waals surface area contributed by atoms with Crippen LogP contribution in [0.5, 0.6) is 5.75 Å². The molecule has 1 aliphatic carbocycles. The van der Waals surface area contributed by atoms with Gasteiger partial charge in [0.25, 0.3) is 0 Å². The van der Waals surface area contributed by atoms with Gasteiger partial charge in [0.1, 0.15) is 5.75 Å². The molecule has 0 saturated heterocycles. The Hall–Kier alpha value is -0.250. The number of halogens is 2. The van der Waals surface area contributed by atoms with Crippen LogP contribution in [0.2, 0.25) is 5.02 Å². The van der Waals surface area contributed by atoms with Gasteiger partial charge in [-0.1, -0.05) is 11.6 Å². The van der Waals surface area contributed by atoms with Crippen molar-refractivity contribution >= 4 is 27.5 Å². The molecule has 2 rings (SSSR count). The van der Waals surface area contributed by atoms with Crippen LogP contribution in [0.3, 0.4) is 0 Å². The second-order valence-corrected chi connectivity index (χ2v) is 5.30. The predicted molar refractivity (Wildman–Crippen MR) is 70.3 cm³/mol. The highest BCUT2D eigenvalue weighted by atomic mass is 79.9. The minimum atomic E-state index is 0.717. The van der Waals surface area contributed by atoms with Crippen molar-refractivity contribution in [2.24, 2.45) is 0 Å². The van der Waals surface area contributed by atoms with Crippen molar-refractivity contribution in [2.75, 3.05) is 13.2 Å². The van der Waals surface area contributed by atoms with Gasteiger partial charge >= 0.3 is 0 Å². The first-order valence-corrected chi connectivity index (χ1v) is 6.74. The van der Waals surface area contributed by atoms with Gasteiger partial charge < -0.3 is 10.1 Å². The van der Waals surface area contributed by atoms with Crippen molar-refractivity contribution in [1.82, 2.24) is 5.32 Å². The molecule has 1 N–H and O–H groups in total. The maximum Gasteiger partial charge on any atom is 0.133 e. The second-order valence-electron chi connectivity index (χ2n) is 4.01. The average molecular weight is 305 g/mol. The van der Waals surface area contributed by atoms with Crippen LogP contribution in [-0.4, -0.2) is 19.2 Å². The van der Waals surface area contributed by atoms with E-state index in [0.29, 0.717) is 0 Å². The van der Waals surface area contributed by atoms with Crippen LogP contribution >= 0.6 is 27.5 Å². The number of nitrogens with one attached hydrogen (secondary N) is 1. The molecule has 2 nitrogen and oxygen atoms in total. The summed E-state index contributed by atoms with van der Waals surface area (Å²) in [7, 11) is 0. The van der Waals surface area contributed by atoms with E-state index in [9.17, 15) is 0 Å². The van der Waals surface area contributed by atoms with Crippen molar-refractivity contribution in [3.63, 3.8) is 0 Å². The topological polar surface area (TPSA) is 21.3 Å². The van der Waals surface area contributed by atoms with Crippen LogP contribution in [0, 0.1) is 0 Å². The van der Waals surface area contributed by atoms with E-state index >= 15 is 0 Å². The fraction of sp³-hybridized carbons (Fsp3) is 0.500. The monoisotopic (exact) mass is 303 g/mol. The van der Waals surface area contributed by atoms with E-state index in [-0.39, 0.29) is 0 Å². The molecule has 0 unspecified atom stereocenters. The molecule has 1 fully saturated rings. The van der Waals surface area contributed by atoms with E-state index in [1.165, 1.54) is 12.8 Å². The van der Waals surface area contributed by atoms with Gasteiger partial charge in [0.15, 0.2) is 0 Å². The molecule has 0 aromatic heterocycles. The first-order chi connectivity index (χ1) is 7.75. The molecule has 88 valence electrons. The summed E-state index contributed by atoms with van der Waals surface area (Å²) in [5.74, 6) is 0.857. The van der Waals surface area contributed by atoms with Gasteiger partial charge in [-0.15, -0.1) is 0 Å². The van der Waals surface area contributed by atoms with Crippen LogP contribution in [0.4, 0.5) is 0 Å². The van der Waals surface area contributed by atoms with E-state index in [1.54, 1.807) is 0 Å². The third-order valence-corrected chi connectivity index (χ3v) is 3.34.